The molecule has 0 atom stereocenters. The van der Waals surface area contributed by atoms with Gasteiger partial charge in [-0.3, -0.25) is 10.1 Å². The first-order valence-corrected chi connectivity index (χ1v) is 10.3. The van der Waals surface area contributed by atoms with Gasteiger partial charge < -0.3 is 14.6 Å². The molecule has 0 heterocycles. The van der Waals surface area contributed by atoms with E-state index in [2.05, 4.69) is 10.5 Å². The van der Waals surface area contributed by atoms with Gasteiger partial charge in [0.15, 0.2) is 5.75 Å². The number of sulfonamides is 1. The Labute approximate surface area is 207 Å². The van der Waals surface area contributed by atoms with Crippen molar-refractivity contribution in [1.29, 1.82) is 0 Å². The van der Waals surface area contributed by atoms with E-state index in [0.29, 0.717) is 0 Å². The van der Waals surface area contributed by atoms with Crippen LogP contribution in [-0.2, 0) is 10.0 Å². The number of carbonyl (C=O) groups is 1. The Bertz CT molecular complexity index is 1150. The number of non-ortho nitro benzene ring substituents is 1. The van der Waals surface area contributed by atoms with Crippen molar-refractivity contribution in [2.75, 3.05) is 33.2 Å². The summed E-state index contributed by atoms with van der Waals surface area (Å²) in [4.78, 5) is 23.0. The molecule has 0 aromatic heterocycles. The number of nitrogens with one attached hydrogen (secondary N) is 1. The minimum Gasteiger partial charge on any atom is -0.545 e. The first-order chi connectivity index (χ1) is 14.5. The van der Waals surface area contributed by atoms with Gasteiger partial charge in [0, 0.05) is 31.0 Å². The number of hydrazine groups is 1. The number of carboxylic acids is 1. The summed E-state index contributed by atoms with van der Waals surface area (Å²) in [5.74, 6) is -1.49. The Kier molecular flexibility index (Phi) is 9.72. The van der Waals surface area contributed by atoms with E-state index in [4.69, 9.17) is 4.74 Å². The van der Waals surface area contributed by atoms with Crippen molar-refractivity contribution in [3.63, 3.8) is 0 Å². The van der Waals surface area contributed by atoms with Crippen LogP contribution in [0.3, 0.4) is 0 Å². The van der Waals surface area contributed by atoms with E-state index in [-0.39, 0.29) is 63.8 Å². The molecule has 0 radical (unpaired) electrons. The zero-order chi connectivity index (χ0) is 23.3. The summed E-state index contributed by atoms with van der Waals surface area (Å²) < 4.78 is 30.9. The number of methoxy groups -OCH3 is 1. The van der Waals surface area contributed by atoms with E-state index < -0.39 is 26.5 Å². The average molecular weight is 474 g/mol. The van der Waals surface area contributed by atoms with Gasteiger partial charge in [0.1, 0.15) is 12.2 Å². The van der Waals surface area contributed by atoms with Crippen molar-refractivity contribution in [2.24, 2.45) is 5.11 Å². The molecule has 0 fully saturated rings. The van der Waals surface area contributed by atoms with Gasteiger partial charge in [-0.05, 0) is 30.2 Å². The third-order valence-electron chi connectivity index (χ3n) is 4.10. The molecule has 1 N–H and O–H groups in total. The number of hydrogen-bond donors (Lipinski definition) is 1. The summed E-state index contributed by atoms with van der Waals surface area (Å²) in [5, 5.41) is 26.9. The molecule has 0 amide bonds. The first-order valence-electron chi connectivity index (χ1n) is 8.87. The fraction of sp³-hybridized carbons (Fsp3) is 0.278. The quantitative estimate of drug-likeness (QED) is 0.149. The zero-order valence-electron chi connectivity index (χ0n) is 18.2. The molecule has 2 aromatic carbocycles. The first kappa shape index (κ1) is 27.5. The molecule has 14 heteroatoms. The number of carboxylic acid groups (broad SMARTS) is 1. The molecule has 0 bridgehead atoms. The molecule has 166 valence electrons. The molecule has 0 unspecified atom stereocenters. The fourth-order valence-corrected chi connectivity index (χ4v) is 3.48. The van der Waals surface area contributed by atoms with Crippen LogP contribution in [0.25, 0.3) is 0 Å². The van der Waals surface area contributed by atoms with Crippen molar-refractivity contribution in [2.45, 2.75) is 11.8 Å². The van der Waals surface area contributed by atoms with Crippen LogP contribution in [0.1, 0.15) is 17.3 Å². The number of ether oxygens (including phenoxy) is 1. The zero-order valence-corrected chi connectivity index (χ0v) is 21.0. The van der Waals surface area contributed by atoms with Crippen LogP contribution in [0.5, 0.6) is 5.75 Å². The average Bonchev–Trinajstić information content (AvgIpc) is 2.72. The Morgan fingerprint density at radius 2 is 1.88 bits per heavy atom. The molecule has 0 spiro atoms. The van der Waals surface area contributed by atoms with Gasteiger partial charge in [-0.15, -0.1) is 5.43 Å². The Morgan fingerprint density at radius 1 is 1.22 bits per heavy atom. The summed E-state index contributed by atoms with van der Waals surface area (Å²) >= 11 is 0. The number of rotatable bonds is 9. The Morgan fingerprint density at radius 3 is 2.38 bits per heavy atom. The molecule has 0 saturated carbocycles. The molecule has 2 aromatic rings. The summed E-state index contributed by atoms with van der Waals surface area (Å²) in [5.41, 5.74) is 2.47. The van der Waals surface area contributed by atoms with Crippen LogP contribution in [0.4, 0.5) is 17.1 Å². The van der Waals surface area contributed by atoms with Crippen molar-refractivity contribution in [1.82, 2.24) is 4.31 Å². The van der Waals surface area contributed by atoms with Crippen molar-refractivity contribution in [3.05, 3.63) is 52.1 Å². The minimum absolute atomic E-state index is 0. The number of aromatic carboxylic acids is 1. The van der Waals surface area contributed by atoms with E-state index >= 15 is 0 Å². The minimum atomic E-state index is -3.88. The van der Waals surface area contributed by atoms with E-state index in [9.17, 15) is 28.4 Å². The van der Waals surface area contributed by atoms with Gasteiger partial charge in [-0.2, -0.15) is 0 Å². The van der Waals surface area contributed by atoms with Crippen LogP contribution in [0, 0.1) is 10.1 Å². The van der Waals surface area contributed by atoms with Crippen molar-refractivity contribution >= 4 is 33.1 Å². The molecule has 0 aliphatic heterocycles. The van der Waals surface area contributed by atoms with Crippen LogP contribution in [-0.4, -0.2) is 56.2 Å². The van der Waals surface area contributed by atoms with Gasteiger partial charge in [-0.25, -0.2) is 12.7 Å². The summed E-state index contributed by atoms with van der Waals surface area (Å²) in [7, 11) is 0.0822. The van der Waals surface area contributed by atoms with Crippen molar-refractivity contribution in [3.8, 4) is 5.75 Å². The number of hydrogen-bond acceptors (Lipinski definition) is 8. The summed E-state index contributed by atoms with van der Waals surface area (Å²) in [6.07, 6.45) is 0. The number of carbonyl (C=O) groups excluding carboxylic acids is 1. The maximum atomic E-state index is 12.4. The summed E-state index contributed by atoms with van der Waals surface area (Å²) in [6.45, 7) is 1.93. The second-order valence-corrected chi connectivity index (χ2v) is 8.43. The Hall–Kier alpha value is -2.58. The normalized spacial score (nSPS) is 11.6. The van der Waals surface area contributed by atoms with Gasteiger partial charge in [0.05, 0.1) is 34.5 Å². The maximum Gasteiger partial charge on any atom is 1.00 e. The predicted octanol–water partition coefficient (Wildman–Crippen LogP) is -1.64. The fourth-order valence-electron chi connectivity index (χ4n) is 2.55. The number of nitro groups is 1. The molecule has 0 aliphatic carbocycles. The van der Waals surface area contributed by atoms with Crippen LogP contribution in [0.2, 0.25) is 0 Å². The summed E-state index contributed by atoms with van der Waals surface area (Å²) in [6, 6.07) is 7.29. The molecule has 12 nitrogen and oxygen atoms in total. The smallest absolute Gasteiger partial charge is 0.545 e. The third-order valence-corrected chi connectivity index (χ3v) is 5.91. The number of nitrogens with zero attached hydrogens (tertiary/aromatic N) is 4. The monoisotopic (exact) mass is 474 g/mol. The molecule has 0 aliphatic rings. The van der Waals surface area contributed by atoms with Crippen molar-refractivity contribution < 1.29 is 62.3 Å². The molecule has 0 saturated heterocycles. The van der Waals surface area contributed by atoms with Gasteiger partial charge in [-0.1, -0.05) is 0 Å². The van der Waals surface area contributed by atoms with E-state index in [1.807, 2.05) is 0 Å². The van der Waals surface area contributed by atoms with Gasteiger partial charge in [0.2, 0.25) is 10.0 Å². The number of benzene rings is 2. The number of anilines is 1. The molecular weight excluding hydrogens is 453 g/mol. The van der Waals surface area contributed by atoms with E-state index in [0.717, 1.165) is 15.2 Å². The third kappa shape index (κ3) is 6.01. The standard InChI is InChI=1S/C18H21N5O7S.Na/c1-5-19-22(20-15-8-6-12(23(26)27)10-17(15)30-4)16-9-7-13(11-14(16)18(24)25)31(28,29)21(2)3;/h6-11H,5H2,1-4H3,(H-,19,20,24,25);/q;+1. The predicted molar refractivity (Wildman–Crippen MR) is 108 cm³/mol. The van der Waals surface area contributed by atoms with Gasteiger partial charge >= 0.3 is 29.6 Å². The van der Waals surface area contributed by atoms with Gasteiger partial charge in [0.25, 0.3) is 11.4 Å². The van der Waals surface area contributed by atoms with Crippen LogP contribution >= 0.6 is 0 Å². The maximum absolute atomic E-state index is 12.4. The molecule has 2 rings (SSSR count). The van der Waals surface area contributed by atoms with Crippen LogP contribution in [0.15, 0.2) is 46.4 Å². The largest absolute Gasteiger partial charge is 1.00 e. The van der Waals surface area contributed by atoms with E-state index in [1.54, 1.807) is 6.92 Å². The number of azo groups is 1. The SMILES string of the molecule is CCN=[N+](Nc1ccc([N+](=O)[O-])cc1OC)c1ccc(S(=O)(=O)N(C)C)cc1C(=O)[O-].[Na+]. The second kappa shape index (κ2) is 11.3. The molecule has 32 heavy (non-hydrogen) atoms. The molecular formula is C18H21N5NaO7S+. The second-order valence-electron chi connectivity index (χ2n) is 6.28. The Balaban J connectivity index is 0.00000512. The van der Waals surface area contributed by atoms with E-state index in [1.165, 1.54) is 51.5 Å². The topological polar surface area (TPSA) is 157 Å². The number of nitro benzene ring substituents is 1. The van der Waals surface area contributed by atoms with Crippen LogP contribution < -0.4 is 44.8 Å².